The van der Waals surface area contributed by atoms with Crippen molar-refractivity contribution in [1.29, 1.82) is 0 Å². The van der Waals surface area contributed by atoms with Gasteiger partial charge in [0.1, 0.15) is 0 Å². The molecule has 1 unspecified atom stereocenters. The van der Waals surface area contributed by atoms with E-state index in [0.29, 0.717) is 47.4 Å². The summed E-state index contributed by atoms with van der Waals surface area (Å²) in [5, 5.41) is 3.42. The van der Waals surface area contributed by atoms with Gasteiger partial charge in [0.15, 0.2) is 5.82 Å². The van der Waals surface area contributed by atoms with Crippen molar-refractivity contribution in [3.63, 3.8) is 0 Å². The van der Waals surface area contributed by atoms with Gasteiger partial charge in [0.25, 0.3) is 5.91 Å². The molecule has 0 radical (unpaired) electrons. The first-order valence-electron chi connectivity index (χ1n) is 9.68. The first-order valence-corrected chi connectivity index (χ1v) is 10.1. The molecule has 2 aromatic rings. The van der Waals surface area contributed by atoms with Crippen LogP contribution in [-0.4, -0.2) is 46.9 Å². The zero-order valence-electron chi connectivity index (χ0n) is 16.7. The summed E-state index contributed by atoms with van der Waals surface area (Å²) < 4.78 is 5.03. The summed E-state index contributed by atoms with van der Waals surface area (Å²) in [5.41, 5.74) is 1.62. The van der Waals surface area contributed by atoms with E-state index >= 15 is 0 Å². The average Bonchev–Trinajstić information content (AvgIpc) is 2.73. The number of amides is 2. The van der Waals surface area contributed by atoms with Crippen molar-refractivity contribution in [3.8, 4) is 0 Å². The maximum absolute atomic E-state index is 12.6. The van der Waals surface area contributed by atoms with Crippen LogP contribution in [0.2, 0.25) is 5.02 Å². The number of aryl methyl sites for hydroxylation is 1. The van der Waals surface area contributed by atoms with Gasteiger partial charge in [-0.05, 0) is 50.5 Å². The number of likely N-dealkylation sites (tertiary alicyclic amines) is 1. The minimum Gasteiger partial charge on any atom is -0.384 e. The molecule has 1 aromatic carbocycles. The van der Waals surface area contributed by atoms with Crippen LogP contribution in [0.4, 0.5) is 5.69 Å². The van der Waals surface area contributed by atoms with Gasteiger partial charge in [-0.25, -0.2) is 9.97 Å². The van der Waals surface area contributed by atoms with Gasteiger partial charge in [-0.3, -0.25) is 9.59 Å². The number of rotatable bonds is 6. The topological polar surface area (TPSA) is 84.4 Å². The molecule has 154 valence electrons. The Morgan fingerprint density at radius 1 is 1.28 bits per heavy atom. The Morgan fingerprint density at radius 3 is 2.72 bits per heavy atom. The van der Waals surface area contributed by atoms with Gasteiger partial charge in [0.2, 0.25) is 5.91 Å². The lowest BCUT2D eigenvalue weighted by Gasteiger charge is -2.35. The van der Waals surface area contributed by atoms with Crippen LogP contribution in [-0.2, 0) is 9.53 Å². The zero-order valence-corrected chi connectivity index (χ0v) is 17.4. The number of aromatic nitrogens is 2. The average molecular weight is 417 g/mol. The van der Waals surface area contributed by atoms with Crippen LogP contribution < -0.4 is 5.32 Å². The molecule has 0 bridgehead atoms. The Balaban J connectivity index is 1.75. The summed E-state index contributed by atoms with van der Waals surface area (Å²) >= 11 is 5.88. The lowest BCUT2D eigenvalue weighted by Crippen LogP contribution is -2.39. The molecule has 3 rings (SSSR count). The van der Waals surface area contributed by atoms with E-state index in [2.05, 4.69) is 15.3 Å². The van der Waals surface area contributed by atoms with Crippen molar-refractivity contribution in [3.05, 3.63) is 52.6 Å². The number of piperidine rings is 1. The minimum absolute atomic E-state index is 0.0439. The van der Waals surface area contributed by atoms with Gasteiger partial charge in [0, 0.05) is 30.6 Å². The maximum Gasteiger partial charge on any atom is 0.259 e. The normalized spacial score (nSPS) is 16.5. The molecule has 1 fully saturated rings. The summed E-state index contributed by atoms with van der Waals surface area (Å²) in [4.78, 5) is 36.0. The van der Waals surface area contributed by atoms with E-state index in [-0.39, 0.29) is 17.9 Å². The molecule has 0 aliphatic carbocycles. The minimum atomic E-state index is -0.284. The van der Waals surface area contributed by atoms with Crippen molar-refractivity contribution in [1.82, 2.24) is 14.9 Å². The third-order valence-corrected chi connectivity index (χ3v) is 5.24. The summed E-state index contributed by atoms with van der Waals surface area (Å²) in [6, 6.07) is 6.72. The highest BCUT2D eigenvalue weighted by Gasteiger charge is 2.30. The quantitative estimate of drug-likeness (QED) is 0.774. The Kier molecular flexibility index (Phi) is 7.17. The van der Waals surface area contributed by atoms with E-state index in [1.807, 2.05) is 4.90 Å². The number of carbonyl (C=O) groups is 2. The number of benzene rings is 1. The standard InChI is InChI=1S/C21H25ClN4O3/c1-14-17(21(28)25-16-8-6-15(22)7-9-16)13-23-20(24-14)18-5-3-4-11-26(18)19(27)10-12-29-2/h6-9,13,18H,3-5,10-12H2,1-2H3,(H,25,28). The molecule has 1 saturated heterocycles. The van der Waals surface area contributed by atoms with Crippen LogP contribution in [0.15, 0.2) is 30.5 Å². The largest absolute Gasteiger partial charge is 0.384 e. The van der Waals surface area contributed by atoms with E-state index in [1.165, 1.54) is 6.20 Å². The zero-order chi connectivity index (χ0) is 20.8. The number of methoxy groups -OCH3 is 1. The molecule has 2 amide bonds. The van der Waals surface area contributed by atoms with E-state index in [1.54, 1.807) is 38.3 Å². The SMILES string of the molecule is COCCC(=O)N1CCCCC1c1ncc(C(=O)Nc2ccc(Cl)cc2)c(C)n1. The lowest BCUT2D eigenvalue weighted by atomic mass is 10.0. The second kappa shape index (κ2) is 9.80. The molecule has 8 heteroatoms. The fourth-order valence-electron chi connectivity index (χ4n) is 3.43. The number of anilines is 1. The lowest BCUT2D eigenvalue weighted by molar-refractivity contribution is -0.136. The van der Waals surface area contributed by atoms with Crippen LogP contribution in [0.1, 0.15) is 53.6 Å². The molecule has 1 aliphatic heterocycles. The Labute approximate surface area is 175 Å². The Hall–Kier alpha value is -2.51. The van der Waals surface area contributed by atoms with E-state index in [0.717, 1.165) is 19.3 Å². The van der Waals surface area contributed by atoms with Gasteiger partial charge in [-0.1, -0.05) is 11.6 Å². The van der Waals surface area contributed by atoms with Gasteiger partial charge in [0.05, 0.1) is 30.3 Å². The second-order valence-electron chi connectivity index (χ2n) is 7.03. The highest BCUT2D eigenvalue weighted by molar-refractivity contribution is 6.30. The summed E-state index contributed by atoms with van der Waals surface area (Å²) in [5.74, 6) is 0.339. The van der Waals surface area contributed by atoms with Gasteiger partial charge >= 0.3 is 0 Å². The fraction of sp³-hybridized carbons (Fsp3) is 0.429. The van der Waals surface area contributed by atoms with Gasteiger partial charge < -0.3 is 15.0 Å². The number of halogens is 1. The molecule has 0 saturated carbocycles. The molecule has 29 heavy (non-hydrogen) atoms. The van der Waals surface area contributed by atoms with Crippen LogP contribution >= 0.6 is 11.6 Å². The van der Waals surface area contributed by atoms with Crippen molar-refractivity contribution in [2.75, 3.05) is 25.6 Å². The van der Waals surface area contributed by atoms with E-state index < -0.39 is 0 Å². The number of nitrogens with one attached hydrogen (secondary N) is 1. The molecule has 2 heterocycles. The van der Waals surface area contributed by atoms with Gasteiger partial charge in [-0.2, -0.15) is 0 Å². The van der Waals surface area contributed by atoms with Gasteiger partial charge in [-0.15, -0.1) is 0 Å². The number of ether oxygens (including phenoxy) is 1. The predicted molar refractivity (Wildman–Crippen MR) is 111 cm³/mol. The molecule has 0 spiro atoms. The second-order valence-corrected chi connectivity index (χ2v) is 7.47. The number of hydrogen-bond donors (Lipinski definition) is 1. The third kappa shape index (κ3) is 5.31. The number of nitrogens with zero attached hydrogens (tertiary/aromatic N) is 3. The number of hydrogen-bond acceptors (Lipinski definition) is 5. The highest BCUT2D eigenvalue weighted by Crippen LogP contribution is 2.29. The summed E-state index contributed by atoms with van der Waals surface area (Å²) in [7, 11) is 1.58. The Morgan fingerprint density at radius 2 is 2.03 bits per heavy atom. The molecule has 1 aromatic heterocycles. The summed E-state index contributed by atoms with van der Waals surface area (Å²) in [6.45, 7) is 2.86. The van der Waals surface area contributed by atoms with Crippen LogP contribution in [0.5, 0.6) is 0 Å². The maximum atomic E-state index is 12.6. The van der Waals surface area contributed by atoms with Crippen LogP contribution in [0, 0.1) is 6.92 Å². The monoisotopic (exact) mass is 416 g/mol. The van der Waals surface area contributed by atoms with Crippen molar-refractivity contribution >= 4 is 29.1 Å². The predicted octanol–water partition coefficient (Wildman–Crippen LogP) is 3.78. The van der Waals surface area contributed by atoms with Crippen molar-refractivity contribution in [2.45, 2.75) is 38.6 Å². The third-order valence-electron chi connectivity index (χ3n) is 4.99. The van der Waals surface area contributed by atoms with E-state index in [9.17, 15) is 9.59 Å². The van der Waals surface area contributed by atoms with E-state index in [4.69, 9.17) is 16.3 Å². The number of carbonyl (C=O) groups excluding carboxylic acids is 2. The summed E-state index contributed by atoms with van der Waals surface area (Å²) in [6.07, 6.45) is 4.67. The first-order chi connectivity index (χ1) is 14.0. The van der Waals surface area contributed by atoms with Crippen molar-refractivity contribution in [2.24, 2.45) is 0 Å². The molecule has 1 atom stereocenters. The van der Waals surface area contributed by atoms with Crippen molar-refractivity contribution < 1.29 is 14.3 Å². The van der Waals surface area contributed by atoms with Crippen LogP contribution in [0.3, 0.4) is 0 Å². The fourth-order valence-corrected chi connectivity index (χ4v) is 3.56. The smallest absolute Gasteiger partial charge is 0.259 e. The first kappa shape index (κ1) is 21.2. The van der Waals surface area contributed by atoms with Crippen LogP contribution in [0.25, 0.3) is 0 Å². The molecule has 1 aliphatic rings. The molecule has 7 nitrogen and oxygen atoms in total. The highest BCUT2D eigenvalue weighted by atomic mass is 35.5. The Bertz CT molecular complexity index is 873. The molecule has 1 N–H and O–H groups in total. The molecular formula is C21H25ClN4O3. The molecular weight excluding hydrogens is 392 g/mol.